The number of methoxy groups -OCH3 is 1. The van der Waals surface area contributed by atoms with E-state index in [1.165, 1.54) is 8.99 Å². The van der Waals surface area contributed by atoms with E-state index in [9.17, 15) is 13.2 Å². The lowest BCUT2D eigenvalue weighted by atomic mass is 10.1. The molecule has 1 saturated heterocycles. The summed E-state index contributed by atoms with van der Waals surface area (Å²) in [6, 6.07) is 7.19. The standard InChI is InChI=1S/C18H23N3O4S/c1-13-18(26(23,24)20-10-4-5-11-20)14(2)21(19-13)17(22)12-15-6-8-16(25-3)9-7-15/h6-9H,4-5,10-12H2,1-3H3. The van der Waals surface area contributed by atoms with E-state index in [2.05, 4.69) is 5.10 Å². The third-order valence-electron chi connectivity index (χ3n) is 4.64. The molecule has 2 heterocycles. The van der Waals surface area contributed by atoms with Crippen LogP contribution in [0.25, 0.3) is 0 Å². The van der Waals surface area contributed by atoms with Gasteiger partial charge in [0.2, 0.25) is 10.0 Å². The van der Waals surface area contributed by atoms with Crippen LogP contribution in [0.1, 0.15) is 34.6 Å². The van der Waals surface area contributed by atoms with Crippen molar-refractivity contribution in [3.63, 3.8) is 0 Å². The number of benzene rings is 1. The van der Waals surface area contributed by atoms with Crippen LogP contribution in [0.3, 0.4) is 0 Å². The summed E-state index contributed by atoms with van der Waals surface area (Å²) < 4.78 is 33.6. The molecule has 0 unspecified atom stereocenters. The van der Waals surface area contributed by atoms with E-state index in [1.54, 1.807) is 33.1 Å². The van der Waals surface area contributed by atoms with Crippen LogP contribution in [0.5, 0.6) is 5.75 Å². The average Bonchev–Trinajstić information content (AvgIpc) is 3.24. The first-order valence-corrected chi connectivity index (χ1v) is 10.0. The van der Waals surface area contributed by atoms with Gasteiger partial charge in [-0.3, -0.25) is 4.79 Å². The zero-order valence-electron chi connectivity index (χ0n) is 15.2. The first-order chi connectivity index (χ1) is 12.3. The fourth-order valence-corrected chi connectivity index (χ4v) is 5.17. The van der Waals surface area contributed by atoms with Crippen LogP contribution in [0.2, 0.25) is 0 Å². The van der Waals surface area contributed by atoms with Crippen LogP contribution >= 0.6 is 0 Å². The number of sulfonamides is 1. The molecule has 1 aliphatic heterocycles. The van der Waals surface area contributed by atoms with Gasteiger partial charge in [-0.05, 0) is 44.4 Å². The van der Waals surface area contributed by atoms with Crippen LogP contribution < -0.4 is 4.74 Å². The van der Waals surface area contributed by atoms with Gasteiger partial charge in [0, 0.05) is 13.1 Å². The second-order valence-corrected chi connectivity index (χ2v) is 8.32. The molecule has 0 spiro atoms. The quantitative estimate of drug-likeness (QED) is 0.798. The van der Waals surface area contributed by atoms with Gasteiger partial charge in [0.15, 0.2) is 0 Å². The molecule has 0 radical (unpaired) electrons. The molecule has 1 aromatic carbocycles. The molecule has 2 aromatic rings. The zero-order valence-corrected chi connectivity index (χ0v) is 16.0. The number of nitrogens with zero attached hydrogens (tertiary/aromatic N) is 3. The lowest BCUT2D eigenvalue weighted by molar-refractivity contribution is 0.0895. The summed E-state index contributed by atoms with van der Waals surface area (Å²) >= 11 is 0. The van der Waals surface area contributed by atoms with Crippen molar-refractivity contribution in [3.8, 4) is 5.75 Å². The van der Waals surface area contributed by atoms with E-state index in [0.717, 1.165) is 18.4 Å². The van der Waals surface area contributed by atoms with Crippen LogP contribution in [-0.4, -0.2) is 48.6 Å². The summed E-state index contributed by atoms with van der Waals surface area (Å²) in [5.74, 6) is 0.449. The Bertz CT molecular complexity index is 911. The second-order valence-electron chi connectivity index (χ2n) is 6.44. The van der Waals surface area contributed by atoms with Crippen molar-refractivity contribution in [2.45, 2.75) is 38.0 Å². The minimum atomic E-state index is -3.61. The van der Waals surface area contributed by atoms with Gasteiger partial charge in [-0.25, -0.2) is 13.1 Å². The highest BCUT2D eigenvalue weighted by molar-refractivity contribution is 7.89. The molecule has 1 aliphatic rings. The zero-order chi connectivity index (χ0) is 18.9. The molecule has 3 rings (SSSR count). The minimum absolute atomic E-state index is 0.134. The number of carbonyl (C=O) groups is 1. The van der Waals surface area contributed by atoms with E-state index in [0.29, 0.717) is 30.2 Å². The summed E-state index contributed by atoms with van der Waals surface area (Å²) in [6.07, 6.45) is 1.86. The van der Waals surface area contributed by atoms with Gasteiger partial charge >= 0.3 is 0 Å². The SMILES string of the molecule is COc1ccc(CC(=O)n2nc(C)c(S(=O)(=O)N3CCCC3)c2C)cc1. The number of rotatable bonds is 5. The summed E-state index contributed by atoms with van der Waals surface area (Å²) in [4.78, 5) is 12.8. The maximum absolute atomic E-state index is 12.9. The molecule has 140 valence electrons. The molecule has 0 saturated carbocycles. The Morgan fingerprint density at radius 1 is 1.15 bits per heavy atom. The monoisotopic (exact) mass is 377 g/mol. The Morgan fingerprint density at radius 3 is 2.35 bits per heavy atom. The third kappa shape index (κ3) is 3.39. The van der Waals surface area contributed by atoms with Gasteiger partial charge in [-0.2, -0.15) is 9.40 Å². The van der Waals surface area contributed by atoms with Gasteiger partial charge < -0.3 is 4.74 Å². The molecule has 7 nitrogen and oxygen atoms in total. The maximum Gasteiger partial charge on any atom is 0.251 e. The van der Waals surface area contributed by atoms with Crippen molar-refractivity contribution in [2.24, 2.45) is 0 Å². The molecule has 1 fully saturated rings. The maximum atomic E-state index is 12.9. The van der Waals surface area contributed by atoms with Gasteiger partial charge in [-0.15, -0.1) is 0 Å². The lowest BCUT2D eigenvalue weighted by Gasteiger charge is -2.15. The van der Waals surface area contributed by atoms with E-state index in [-0.39, 0.29) is 17.2 Å². The Balaban J connectivity index is 1.88. The normalized spacial score (nSPS) is 15.3. The van der Waals surface area contributed by atoms with Crippen LogP contribution in [0.4, 0.5) is 0 Å². The van der Waals surface area contributed by atoms with Gasteiger partial charge in [-0.1, -0.05) is 12.1 Å². The average molecular weight is 377 g/mol. The van der Waals surface area contributed by atoms with E-state index in [1.807, 2.05) is 12.1 Å². The Hall–Kier alpha value is -2.19. The van der Waals surface area contributed by atoms with Crippen LogP contribution in [0.15, 0.2) is 29.2 Å². The molecular formula is C18H23N3O4S. The van der Waals surface area contributed by atoms with Gasteiger partial charge in [0.1, 0.15) is 10.6 Å². The van der Waals surface area contributed by atoms with Crippen molar-refractivity contribution < 1.29 is 17.9 Å². The van der Waals surface area contributed by atoms with Gasteiger partial charge in [0.25, 0.3) is 5.91 Å². The predicted octanol–water partition coefficient (Wildman–Crippen LogP) is 2.18. The van der Waals surface area contributed by atoms with Crippen molar-refractivity contribution in [3.05, 3.63) is 41.2 Å². The Labute approximate surface area is 153 Å². The van der Waals surface area contributed by atoms with E-state index >= 15 is 0 Å². The van der Waals surface area contributed by atoms with Crippen molar-refractivity contribution in [1.82, 2.24) is 14.1 Å². The molecule has 0 N–H and O–H groups in total. The molecule has 26 heavy (non-hydrogen) atoms. The minimum Gasteiger partial charge on any atom is -0.497 e. The number of carbonyl (C=O) groups excluding carboxylic acids is 1. The van der Waals surface area contributed by atoms with Crippen molar-refractivity contribution in [1.29, 1.82) is 0 Å². The highest BCUT2D eigenvalue weighted by Gasteiger charge is 2.33. The molecular weight excluding hydrogens is 354 g/mol. The van der Waals surface area contributed by atoms with E-state index in [4.69, 9.17) is 4.74 Å². The largest absolute Gasteiger partial charge is 0.497 e. The lowest BCUT2D eigenvalue weighted by Crippen LogP contribution is -2.29. The third-order valence-corrected chi connectivity index (χ3v) is 6.79. The number of hydrogen-bond donors (Lipinski definition) is 0. The summed E-state index contributed by atoms with van der Waals surface area (Å²) in [5.41, 5.74) is 1.54. The fourth-order valence-electron chi connectivity index (χ4n) is 3.29. The molecule has 0 amide bonds. The first-order valence-electron chi connectivity index (χ1n) is 8.57. The Kier molecular flexibility index (Phi) is 5.15. The van der Waals surface area contributed by atoms with Crippen molar-refractivity contribution in [2.75, 3.05) is 20.2 Å². The number of aromatic nitrogens is 2. The van der Waals surface area contributed by atoms with Crippen molar-refractivity contribution >= 4 is 15.9 Å². The molecule has 1 aromatic heterocycles. The summed E-state index contributed by atoms with van der Waals surface area (Å²) in [6.45, 7) is 4.31. The highest BCUT2D eigenvalue weighted by Crippen LogP contribution is 2.26. The number of hydrogen-bond acceptors (Lipinski definition) is 5. The summed E-state index contributed by atoms with van der Waals surface area (Å²) in [5, 5.41) is 4.21. The fraction of sp³-hybridized carbons (Fsp3) is 0.444. The highest BCUT2D eigenvalue weighted by atomic mass is 32.2. The molecule has 0 bridgehead atoms. The second kappa shape index (κ2) is 7.20. The molecule has 8 heteroatoms. The summed E-state index contributed by atoms with van der Waals surface area (Å²) in [7, 11) is -2.03. The number of ether oxygens (including phenoxy) is 1. The Morgan fingerprint density at radius 2 is 1.77 bits per heavy atom. The van der Waals surface area contributed by atoms with Crippen LogP contribution in [-0.2, 0) is 16.4 Å². The van der Waals surface area contributed by atoms with Crippen LogP contribution in [0, 0.1) is 13.8 Å². The smallest absolute Gasteiger partial charge is 0.251 e. The number of aryl methyl sites for hydroxylation is 1. The predicted molar refractivity (Wildman–Crippen MR) is 97.0 cm³/mol. The van der Waals surface area contributed by atoms with Gasteiger partial charge in [0.05, 0.1) is 24.9 Å². The van der Waals surface area contributed by atoms with E-state index < -0.39 is 10.0 Å². The molecule has 0 atom stereocenters. The topological polar surface area (TPSA) is 81.5 Å². The molecule has 0 aliphatic carbocycles. The first kappa shape index (κ1) is 18.6.